The van der Waals surface area contributed by atoms with E-state index in [1.807, 2.05) is 0 Å². The molecule has 150 valence electrons. The minimum atomic E-state index is 0.536. The van der Waals surface area contributed by atoms with E-state index in [0.717, 1.165) is 26.4 Å². The molecule has 0 N–H and O–H groups in total. The van der Waals surface area contributed by atoms with Crippen LogP contribution in [0.1, 0.15) is 40.5 Å². The maximum Gasteiger partial charge on any atom is 0.0906 e. The van der Waals surface area contributed by atoms with Gasteiger partial charge in [0.25, 0.3) is 0 Å². The van der Waals surface area contributed by atoms with Crippen LogP contribution in [0.5, 0.6) is 0 Å². The summed E-state index contributed by atoms with van der Waals surface area (Å²) in [5.74, 6) is 0. The smallest absolute Gasteiger partial charge is 0.0906 e. The molecular formula is C24H34N4. The minimum absolute atomic E-state index is 0.536. The van der Waals surface area contributed by atoms with Gasteiger partial charge in [0.1, 0.15) is 0 Å². The fourth-order valence-electron chi connectivity index (χ4n) is 4.49. The predicted octanol–water partition coefficient (Wildman–Crippen LogP) is 5.15. The molecule has 4 rings (SSSR count). The molecule has 2 aliphatic heterocycles. The van der Waals surface area contributed by atoms with E-state index in [4.69, 9.17) is 0 Å². The zero-order valence-electron chi connectivity index (χ0n) is 17.8. The van der Waals surface area contributed by atoms with E-state index in [1.165, 1.54) is 35.6 Å². The third-order valence-electron chi connectivity index (χ3n) is 6.06. The summed E-state index contributed by atoms with van der Waals surface area (Å²) in [5.41, 5.74) is 5.57. The highest BCUT2D eigenvalue weighted by Gasteiger charge is 2.28. The Bertz CT molecular complexity index is 733. The first-order chi connectivity index (χ1) is 13.6. The highest BCUT2D eigenvalue weighted by molar-refractivity contribution is 5.77. The number of fused-ring (bicyclic) bond motifs is 2. The lowest BCUT2D eigenvalue weighted by Gasteiger charge is -2.26. The van der Waals surface area contributed by atoms with Gasteiger partial charge in [-0.1, -0.05) is 24.3 Å². The average Bonchev–Trinajstić information content (AvgIpc) is 3.24. The van der Waals surface area contributed by atoms with Crippen molar-refractivity contribution in [1.82, 2.24) is 0 Å². The Hall–Kier alpha value is -2.36. The molecule has 0 atom stereocenters. The van der Waals surface area contributed by atoms with Gasteiger partial charge in [-0.2, -0.15) is 0 Å². The van der Waals surface area contributed by atoms with E-state index in [0.29, 0.717) is 12.1 Å². The molecule has 28 heavy (non-hydrogen) atoms. The van der Waals surface area contributed by atoms with Gasteiger partial charge in [-0.15, -0.1) is 0 Å². The van der Waals surface area contributed by atoms with E-state index < -0.39 is 0 Å². The Morgan fingerprint density at radius 3 is 1.32 bits per heavy atom. The first kappa shape index (κ1) is 19.0. The number of unbranched alkanes of at least 4 members (excludes halogenated alkanes) is 1. The predicted molar refractivity (Wildman–Crippen MR) is 122 cm³/mol. The Balaban J connectivity index is 1.34. The van der Waals surface area contributed by atoms with Crippen molar-refractivity contribution in [2.24, 2.45) is 0 Å². The Morgan fingerprint density at radius 1 is 0.607 bits per heavy atom. The molecule has 0 aliphatic carbocycles. The van der Waals surface area contributed by atoms with E-state index in [1.54, 1.807) is 0 Å². The third kappa shape index (κ3) is 3.52. The number of rotatable bonds is 7. The summed E-state index contributed by atoms with van der Waals surface area (Å²) in [7, 11) is 0. The summed E-state index contributed by atoms with van der Waals surface area (Å²) in [4.78, 5) is 10.1. The zero-order valence-corrected chi connectivity index (χ0v) is 17.8. The van der Waals surface area contributed by atoms with Gasteiger partial charge in [0, 0.05) is 25.2 Å². The second kappa shape index (κ2) is 7.94. The molecule has 0 fully saturated rings. The largest absolute Gasteiger partial charge is 0.352 e. The van der Waals surface area contributed by atoms with Gasteiger partial charge in [-0.25, -0.2) is 0 Å². The molecule has 2 aromatic rings. The molecule has 0 radical (unpaired) electrons. The molecule has 2 heterocycles. The van der Waals surface area contributed by atoms with Crippen LogP contribution < -0.4 is 19.6 Å². The van der Waals surface area contributed by atoms with Crippen molar-refractivity contribution < 1.29 is 0 Å². The molecule has 0 amide bonds. The molecule has 0 saturated carbocycles. The summed E-state index contributed by atoms with van der Waals surface area (Å²) < 4.78 is 0. The third-order valence-corrected chi connectivity index (χ3v) is 6.06. The normalized spacial score (nSPS) is 15.8. The average molecular weight is 379 g/mol. The quantitative estimate of drug-likeness (QED) is 0.618. The van der Waals surface area contributed by atoms with Crippen molar-refractivity contribution in [2.45, 2.75) is 52.6 Å². The second-order valence-electron chi connectivity index (χ2n) is 8.62. The lowest BCUT2D eigenvalue weighted by Crippen LogP contribution is -2.37. The van der Waals surface area contributed by atoms with E-state index in [-0.39, 0.29) is 0 Å². The number of anilines is 4. The van der Waals surface area contributed by atoms with E-state index >= 15 is 0 Å². The fraction of sp³-hybridized carbons (Fsp3) is 0.500. The molecule has 0 aromatic heterocycles. The van der Waals surface area contributed by atoms with Gasteiger partial charge in [-0.3, -0.25) is 0 Å². The molecule has 4 heteroatoms. The molecule has 0 spiro atoms. The topological polar surface area (TPSA) is 13.0 Å². The molecule has 2 aromatic carbocycles. The van der Waals surface area contributed by atoms with Crippen molar-refractivity contribution in [1.29, 1.82) is 0 Å². The van der Waals surface area contributed by atoms with Crippen LogP contribution in [0.15, 0.2) is 48.5 Å². The van der Waals surface area contributed by atoms with Gasteiger partial charge < -0.3 is 19.6 Å². The van der Waals surface area contributed by atoms with Crippen LogP contribution in [-0.4, -0.2) is 38.5 Å². The van der Waals surface area contributed by atoms with Crippen molar-refractivity contribution in [3.05, 3.63) is 48.5 Å². The molecule has 0 unspecified atom stereocenters. The van der Waals surface area contributed by atoms with E-state index in [9.17, 15) is 0 Å². The molecule has 4 nitrogen and oxygen atoms in total. The van der Waals surface area contributed by atoms with Gasteiger partial charge >= 0.3 is 0 Å². The van der Waals surface area contributed by atoms with Crippen molar-refractivity contribution in [3.8, 4) is 0 Å². The van der Waals surface area contributed by atoms with Crippen LogP contribution in [0.3, 0.4) is 0 Å². The Morgan fingerprint density at radius 2 is 0.964 bits per heavy atom. The summed E-state index contributed by atoms with van der Waals surface area (Å²) in [5, 5.41) is 0. The highest BCUT2D eigenvalue weighted by Crippen LogP contribution is 2.38. The Kier molecular flexibility index (Phi) is 5.38. The number of hydrogen-bond donors (Lipinski definition) is 0. The summed E-state index contributed by atoms with van der Waals surface area (Å²) >= 11 is 0. The molecule has 0 bridgehead atoms. The number of para-hydroxylation sites is 4. The highest BCUT2D eigenvalue weighted by atomic mass is 15.4. The van der Waals surface area contributed by atoms with Crippen LogP contribution in [0.4, 0.5) is 22.7 Å². The van der Waals surface area contributed by atoms with Crippen LogP contribution in [-0.2, 0) is 0 Å². The van der Waals surface area contributed by atoms with Crippen LogP contribution in [0, 0.1) is 0 Å². The molecule has 2 aliphatic rings. The lowest BCUT2D eigenvalue weighted by atomic mass is 10.2. The fourth-order valence-corrected chi connectivity index (χ4v) is 4.49. The minimum Gasteiger partial charge on any atom is -0.352 e. The summed E-state index contributed by atoms with van der Waals surface area (Å²) in [6.45, 7) is 13.4. The maximum atomic E-state index is 2.55. The van der Waals surface area contributed by atoms with Gasteiger partial charge in [0.15, 0.2) is 0 Å². The van der Waals surface area contributed by atoms with Gasteiger partial charge in [0.2, 0.25) is 0 Å². The van der Waals surface area contributed by atoms with Crippen LogP contribution >= 0.6 is 0 Å². The number of hydrogen-bond acceptors (Lipinski definition) is 4. The first-order valence-electron chi connectivity index (χ1n) is 10.8. The summed E-state index contributed by atoms with van der Waals surface area (Å²) in [6, 6.07) is 18.8. The van der Waals surface area contributed by atoms with Crippen molar-refractivity contribution in [2.75, 3.05) is 46.0 Å². The lowest BCUT2D eigenvalue weighted by molar-refractivity contribution is 0.631. The zero-order chi connectivity index (χ0) is 19.7. The van der Waals surface area contributed by atoms with E-state index in [2.05, 4.69) is 95.8 Å². The summed E-state index contributed by atoms with van der Waals surface area (Å²) in [6.07, 6.45) is 2.45. The SMILES string of the molecule is CC(C)N1CN(CCCCN2CN(C(C)C)c3ccccc32)c2ccccc21. The number of nitrogens with zero attached hydrogens (tertiary/aromatic N) is 4. The van der Waals surface area contributed by atoms with Crippen LogP contribution in [0.25, 0.3) is 0 Å². The van der Waals surface area contributed by atoms with Crippen molar-refractivity contribution >= 4 is 22.7 Å². The monoisotopic (exact) mass is 378 g/mol. The molecule has 0 saturated heterocycles. The van der Waals surface area contributed by atoms with Crippen LogP contribution in [0.2, 0.25) is 0 Å². The standard InChI is InChI=1S/C24H34N4/c1-19(2)27-17-25(21-11-5-7-13-23(21)27)15-9-10-16-26-18-28(20(3)4)24-14-8-6-12-22(24)26/h5-8,11-14,19-20H,9-10,15-18H2,1-4H3. The maximum absolute atomic E-state index is 2.55. The van der Waals surface area contributed by atoms with Crippen molar-refractivity contribution in [3.63, 3.8) is 0 Å². The van der Waals surface area contributed by atoms with Gasteiger partial charge in [-0.05, 0) is 64.8 Å². The number of benzene rings is 2. The van der Waals surface area contributed by atoms with Gasteiger partial charge in [0.05, 0.1) is 36.1 Å². The Labute approximate surface area is 170 Å². The second-order valence-corrected chi connectivity index (χ2v) is 8.62. The first-order valence-corrected chi connectivity index (χ1v) is 10.8. The molecular weight excluding hydrogens is 344 g/mol.